The zero-order valence-corrected chi connectivity index (χ0v) is 12.4. The Morgan fingerprint density at radius 2 is 2.20 bits per heavy atom. The normalized spacial score (nSPS) is 10.6. The number of ether oxygens (including phenoxy) is 1. The topological polar surface area (TPSA) is 44.1 Å². The number of ketones is 1. The van der Waals surface area contributed by atoms with Crippen LogP contribution < -0.4 is 4.74 Å². The molecule has 1 aromatic carbocycles. The smallest absolute Gasteiger partial charge is 0.212 e. The Balaban J connectivity index is 2.31. The second kappa shape index (κ2) is 6.57. The van der Waals surface area contributed by atoms with Crippen LogP contribution in [0.4, 0.5) is 0 Å². The van der Waals surface area contributed by atoms with Crippen molar-refractivity contribution in [2.75, 3.05) is 6.61 Å². The first-order valence-corrected chi connectivity index (χ1v) is 7.04. The fourth-order valence-corrected chi connectivity index (χ4v) is 2.14. The zero-order valence-electron chi connectivity index (χ0n) is 11.6. The summed E-state index contributed by atoms with van der Waals surface area (Å²) in [6.45, 7) is 5.18. The lowest BCUT2D eigenvalue weighted by atomic mass is 10.1. The Bertz CT molecular complexity index is 608. The van der Waals surface area contributed by atoms with Gasteiger partial charge in [0.25, 0.3) is 0 Å². The molecule has 0 atom stereocenters. The minimum absolute atomic E-state index is 0.142. The van der Waals surface area contributed by atoms with Crippen molar-refractivity contribution in [1.29, 1.82) is 0 Å². The lowest BCUT2D eigenvalue weighted by Crippen LogP contribution is -2.11. The average molecular weight is 293 g/mol. The van der Waals surface area contributed by atoms with E-state index in [-0.39, 0.29) is 5.78 Å². The molecule has 0 aliphatic rings. The summed E-state index contributed by atoms with van der Waals surface area (Å²) in [7, 11) is 0. The maximum absolute atomic E-state index is 12.5. The molecule has 0 saturated carbocycles. The molecule has 0 bridgehead atoms. The van der Waals surface area contributed by atoms with E-state index in [2.05, 4.69) is 5.10 Å². The van der Waals surface area contributed by atoms with Gasteiger partial charge < -0.3 is 4.74 Å². The van der Waals surface area contributed by atoms with E-state index in [4.69, 9.17) is 16.3 Å². The van der Waals surface area contributed by atoms with Gasteiger partial charge in [-0.2, -0.15) is 5.10 Å². The van der Waals surface area contributed by atoms with Crippen LogP contribution in [0, 0.1) is 0 Å². The van der Waals surface area contributed by atoms with Crippen molar-refractivity contribution in [2.24, 2.45) is 0 Å². The average Bonchev–Trinajstić information content (AvgIpc) is 2.85. The van der Waals surface area contributed by atoms with Crippen LogP contribution in [0.1, 0.15) is 36.3 Å². The number of halogens is 1. The summed E-state index contributed by atoms with van der Waals surface area (Å²) in [4.78, 5) is 12.5. The highest BCUT2D eigenvalue weighted by Crippen LogP contribution is 2.21. The van der Waals surface area contributed by atoms with Crippen LogP contribution in [0.2, 0.25) is 5.02 Å². The number of rotatable bonds is 6. The van der Waals surface area contributed by atoms with E-state index in [9.17, 15) is 4.79 Å². The van der Waals surface area contributed by atoms with Crippen molar-refractivity contribution in [3.63, 3.8) is 0 Å². The second-order valence-electron chi connectivity index (χ2n) is 4.36. The van der Waals surface area contributed by atoms with Gasteiger partial charge in [0.2, 0.25) is 5.78 Å². The minimum Gasteiger partial charge on any atom is -0.494 e. The molecular formula is C15H17ClN2O2. The van der Waals surface area contributed by atoms with Gasteiger partial charge in [-0.05, 0) is 25.5 Å². The molecule has 20 heavy (non-hydrogen) atoms. The minimum atomic E-state index is -0.142. The molecule has 1 aromatic heterocycles. The van der Waals surface area contributed by atoms with Crippen molar-refractivity contribution in [2.45, 2.75) is 26.8 Å². The molecule has 0 unspecified atom stereocenters. The Morgan fingerprint density at radius 3 is 2.90 bits per heavy atom. The molecule has 1 heterocycles. The molecule has 106 valence electrons. The van der Waals surface area contributed by atoms with Crippen LogP contribution >= 0.6 is 11.6 Å². The van der Waals surface area contributed by atoms with Gasteiger partial charge in [-0.3, -0.25) is 9.48 Å². The third-order valence-corrected chi connectivity index (χ3v) is 3.16. The third-order valence-electron chi connectivity index (χ3n) is 2.88. The van der Waals surface area contributed by atoms with Crippen LogP contribution in [0.25, 0.3) is 0 Å². The second-order valence-corrected chi connectivity index (χ2v) is 4.77. The van der Waals surface area contributed by atoms with E-state index in [0.717, 1.165) is 6.42 Å². The fourth-order valence-electron chi connectivity index (χ4n) is 1.91. The highest BCUT2D eigenvalue weighted by Gasteiger charge is 2.18. The molecule has 0 fully saturated rings. The quantitative estimate of drug-likeness (QED) is 0.765. The van der Waals surface area contributed by atoms with Gasteiger partial charge in [-0.15, -0.1) is 0 Å². The molecule has 2 aromatic rings. The van der Waals surface area contributed by atoms with Gasteiger partial charge >= 0.3 is 0 Å². The lowest BCUT2D eigenvalue weighted by molar-refractivity contribution is 0.102. The van der Waals surface area contributed by atoms with E-state index in [1.165, 1.54) is 6.20 Å². The number of benzene rings is 1. The molecule has 0 aliphatic carbocycles. The summed E-state index contributed by atoms with van der Waals surface area (Å²) >= 11 is 6.06. The Labute approximate surface area is 123 Å². The number of hydrogen-bond donors (Lipinski definition) is 0. The largest absolute Gasteiger partial charge is 0.494 e. The summed E-state index contributed by atoms with van der Waals surface area (Å²) in [5.74, 6) is 0.549. The molecular weight excluding hydrogens is 276 g/mol. The molecule has 0 aliphatic heterocycles. The van der Waals surface area contributed by atoms with Crippen LogP contribution in [0.5, 0.6) is 5.75 Å². The monoisotopic (exact) mass is 292 g/mol. The summed E-state index contributed by atoms with van der Waals surface area (Å²) in [6, 6.07) is 7.13. The standard InChI is InChI=1S/C15H17ClN2O2/c1-3-8-20-12-7-5-6-11(9-12)15(19)14-13(16)10-17-18(14)4-2/h5-7,9-10H,3-4,8H2,1-2H3. The first-order chi connectivity index (χ1) is 9.67. The molecule has 0 saturated heterocycles. The van der Waals surface area contributed by atoms with Gasteiger partial charge in [-0.1, -0.05) is 30.7 Å². The number of nitrogens with zero attached hydrogens (tertiary/aromatic N) is 2. The first-order valence-electron chi connectivity index (χ1n) is 6.66. The first kappa shape index (κ1) is 14.6. The van der Waals surface area contributed by atoms with Crippen molar-refractivity contribution in [1.82, 2.24) is 9.78 Å². The number of aryl methyl sites for hydroxylation is 1. The van der Waals surface area contributed by atoms with Crippen LogP contribution in [-0.4, -0.2) is 22.2 Å². The number of aromatic nitrogens is 2. The molecule has 0 radical (unpaired) electrons. The predicted octanol–water partition coefficient (Wildman–Crippen LogP) is 3.58. The summed E-state index contributed by atoms with van der Waals surface area (Å²) in [6.07, 6.45) is 2.42. The SMILES string of the molecule is CCCOc1cccc(C(=O)c2c(Cl)cnn2CC)c1. The maximum Gasteiger partial charge on any atom is 0.212 e. The van der Waals surface area contributed by atoms with Crippen LogP contribution in [0.15, 0.2) is 30.5 Å². The maximum atomic E-state index is 12.5. The Morgan fingerprint density at radius 1 is 1.40 bits per heavy atom. The van der Waals surface area contributed by atoms with Crippen molar-refractivity contribution >= 4 is 17.4 Å². The van der Waals surface area contributed by atoms with Gasteiger partial charge in [0.1, 0.15) is 11.4 Å². The highest BCUT2D eigenvalue weighted by molar-refractivity contribution is 6.34. The molecule has 2 rings (SSSR count). The summed E-state index contributed by atoms with van der Waals surface area (Å²) in [5, 5.41) is 4.46. The van der Waals surface area contributed by atoms with E-state index in [1.807, 2.05) is 19.9 Å². The summed E-state index contributed by atoms with van der Waals surface area (Å²) in [5.41, 5.74) is 0.970. The van der Waals surface area contributed by atoms with E-state index in [1.54, 1.807) is 22.9 Å². The predicted molar refractivity (Wildman–Crippen MR) is 78.6 cm³/mol. The Hall–Kier alpha value is -1.81. The molecule has 4 nitrogen and oxygen atoms in total. The van der Waals surface area contributed by atoms with Gasteiger partial charge in [-0.25, -0.2) is 0 Å². The number of hydrogen-bond acceptors (Lipinski definition) is 3. The third kappa shape index (κ3) is 3.02. The zero-order chi connectivity index (χ0) is 14.5. The van der Waals surface area contributed by atoms with Gasteiger partial charge in [0.05, 0.1) is 17.8 Å². The van der Waals surface area contributed by atoms with Crippen LogP contribution in [-0.2, 0) is 6.54 Å². The number of carbonyl (C=O) groups is 1. The number of carbonyl (C=O) groups excluding carboxylic acids is 1. The molecule has 0 spiro atoms. The van der Waals surface area contributed by atoms with Crippen LogP contribution in [0.3, 0.4) is 0 Å². The summed E-state index contributed by atoms with van der Waals surface area (Å²) < 4.78 is 7.14. The van der Waals surface area contributed by atoms with E-state index in [0.29, 0.717) is 35.2 Å². The van der Waals surface area contributed by atoms with E-state index >= 15 is 0 Å². The van der Waals surface area contributed by atoms with Crippen molar-refractivity contribution in [3.05, 3.63) is 46.7 Å². The van der Waals surface area contributed by atoms with Crippen molar-refractivity contribution < 1.29 is 9.53 Å². The fraction of sp³-hybridized carbons (Fsp3) is 0.333. The molecule has 5 heteroatoms. The Kier molecular flexibility index (Phi) is 4.79. The van der Waals surface area contributed by atoms with Gasteiger partial charge in [0.15, 0.2) is 0 Å². The van der Waals surface area contributed by atoms with E-state index < -0.39 is 0 Å². The van der Waals surface area contributed by atoms with Crippen molar-refractivity contribution in [3.8, 4) is 5.75 Å². The molecule has 0 amide bonds. The van der Waals surface area contributed by atoms with Gasteiger partial charge in [0, 0.05) is 12.1 Å². The molecule has 0 N–H and O–H groups in total. The lowest BCUT2D eigenvalue weighted by Gasteiger charge is -2.08. The highest BCUT2D eigenvalue weighted by atomic mass is 35.5.